The Morgan fingerprint density at radius 3 is 2.96 bits per heavy atom. The Balaban J connectivity index is 1.66. The summed E-state index contributed by atoms with van der Waals surface area (Å²) in [6.45, 7) is 5.21. The fraction of sp³-hybridized carbons (Fsp3) is 0.600. The van der Waals surface area contributed by atoms with Crippen molar-refractivity contribution in [3.63, 3.8) is 0 Å². The summed E-state index contributed by atoms with van der Waals surface area (Å²) in [5, 5.41) is 8.18. The van der Waals surface area contributed by atoms with Gasteiger partial charge in [0.15, 0.2) is 5.65 Å². The van der Waals surface area contributed by atoms with E-state index in [9.17, 15) is 4.79 Å². The third-order valence-corrected chi connectivity index (χ3v) is 4.71. The quantitative estimate of drug-likeness (QED) is 0.881. The Bertz CT molecular complexity index is 756. The third-order valence-electron chi connectivity index (χ3n) is 4.71. The smallest absolute Gasteiger partial charge is 0.317 e. The van der Waals surface area contributed by atoms with E-state index in [0.29, 0.717) is 0 Å². The molecule has 2 aromatic heterocycles. The zero-order chi connectivity index (χ0) is 16.0. The van der Waals surface area contributed by atoms with E-state index in [-0.39, 0.29) is 12.1 Å². The van der Waals surface area contributed by atoms with E-state index in [4.69, 9.17) is 0 Å². The molecule has 0 saturated carbocycles. The highest BCUT2D eigenvalue weighted by Crippen LogP contribution is 2.27. The number of nitrogens with one attached hydrogen (secondary N) is 1. The van der Waals surface area contributed by atoms with Crippen LogP contribution >= 0.6 is 0 Å². The average molecular weight is 315 g/mol. The van der Waals surface area contributed by atoms with Crippen LogP contribution in [0.4, 0.5) is 10.6 Å². The minimum Gasteiger partial charge on any atom is -0.354 e. The largest absolute Gasteiger partial charge is 0.354 e. The van der Waals surface area contributed by atoms with E-state index < -0.39 is 0 Å². The van der Waals surface area contributed by atoms with Crippen molar-refractivity contribution in [2.75, 3.05) is 31.1 Å². The first-order valence-electron chi connectivity index (χ1n) is 8.09. The van der Waals surface area contributed by atoms with Crippen LogP contribution in [-0.2, 0) is 7.05 Å². The van der Waals surface area contributed by atoms with Gasteiger partial charge < -0.3 is 15.1 Å². The van der Waals surface area contributed by atoms with E-state index in [1.165, 1.54) is 0 Å². The van der Waals surface area contributed by atoms with Gasteiger partial charge in [-0.15, -0.1) is 0 Å². The van der Waals surface area contributed by atoms with Gasteiger partial charge in [0.1, 0.15) is 11.6 Å². The lowest BCUT2D eigenvalue weighted by atomic mass is 10.0. The molecule has 2 amide bonds. The number of carbonyl (C=O) groups excluding carboxylic acids is 1. The Hall–Kier alpha value is -2.38. The molecule has 0 radical (unpaired) electrons. The molecule has 122 valence electrons. The summed E-state index contributed by atoms with van der Waals surface area (Å²) in [6, 6.07) is 0.301. The van der Waals surface area contributed by atoms with Crippen LogP contribution in [-0.4, -0.2) is 62.9 Å². The standard InChI is InChI=1S/C15H21N7O/c1-10-18-13-12(8-17-20(13)2)14(19-10)21-6-3-4-11(9-21)22-7-5-16-15(22)23/h8,11H,3-7,9H2,1-2H3,(H,16,23). The number of aryl methyl sites for hydroxylation is 2. The molecule has 0 aromatic carbocycles. The fourth-order valence-electron chi connectivity index (χ4n) is 3.59. The molecule has 1 N–H and O–H groups in total. The number of fused-ring (bicyclic) bond motifs is 1. The number of urea groups is 1. The van der Waals surface area contributed by atoms with E-state index in [2.05, 4.69) is 25.3 Å². The van der Waals surface area contributed by atoms with E-state index in [0.717, 1.165) is 61.7 Å². The lowest BCUT2D eigenvalue weighted by molar-refractivity contribution is 0.189. The zero-order valence-corrected chi connectivity index (χ0v) is 13.5. The molecule has 2 aliphatic rings. The predicted octanol–water partition coefficient (Wildman–Crippen LogP) is 0.666. The summed E-state index contributed by atoms with van der Waals surface area (Å²) in [7, 11) is 1.89. The first kappa shape index (κ1) is 14.2. The van der Waals surface area contributed by atoms with Crippen LogP contribution < -0.4 is 10.2 Å². The summed E-state index contributed by atoms with van der Waals surface area (Å²) in [4.78, 5) is 25.3. The summed E-state index contributed by atoms with van der Waals surface area (Å²) < 4.78 is 1.78. The second kappa shape index (κ2) is 5.36. The Morgan fingerprint density at radius 2 is 2.17 bits per heavy atom. The van der Waals surface area contributed by atoms with Gasteiger partial charge in [-0.1, -0.05) is 0 Å². The maximum absolute atomic E-state index is 11.9. The van der Waals surface area contributed by atoms with Gasteiger partial charge in [0, 0.05) is 33.2 Å². The number of anilines is 1. The summed E-state index contributed by atoms with van der Waals surface area (Å²) in [6.07, 6.45) is 3.93. The van der Waals surface area contributed by atoms with Gasteiger partial charge in [0.2, 0.25) is 0 Å². The molecule has 8 nitrogen and oxygen atoms in total. The molecule has 4 rings (SSSR count). The predicted molar refractivity (Wildman–Crippen MR) is 86.4 cm³/mol. The van der Waals surface area contributed by atoms with Crippen molar-refractivity contribution in [3.8, 4) is 0 Å². The maximum atomic E-state index is 11.9. The highest BCUT2D eigenvalue weighted by atomic mass is 16.2. The normalized spacial score (nSPS) is 22.0. The molecule has 0 bridgehead atoms. The van der Waals surface area contributed by atoms with Crippen LogP contribution in [0, 0.1) is 6.92 Å². The van der Waals surface area contributed by atoms with Gasteiger partial charge in [-0.05, 0) is 19.8 Å². The van der Waals surface area contributed by atoms with E-state index in [1.807, 2.05) is 25.1 Å². The zero-order valence-electron chi connectivity index (χ0n) is 13.5. The fourth-order valence-corrected chi connectivity index (χ4v) is 3.59. The van der Waals surface area contributed by atoms with Gasteiger partial charge in [-0.3, -0.25) is 4.68 Å². The third kappa shape index (κ3) is 2.38. The highest BCUT2D eigenvalue weighted by Gasteiger charge is 2.32. The monoisotopic (exact) mass is 315 g/mol. The van der Waals surface area contributed by atoms with E-state index >= 15 is 0 Å². The van der Waals surface area contributed by atoms with Crippen LogP contribution in [0.5, 0.6) is 0 Å². The van der Waals surface area contributed by atoms with Crippen molar-refractivity contribution in [3.05, 3.63) is 12.0 Å². The first-order chi connectivity index (χ1) is 11.1. The summed E-state index contributed by atoms with van der Waals surface area (Å²) >= 11 is 0. The number of hydrogen-bond donors (Lipinski definition) is 1. The lowest BCUT2D eigenvalue weighted by Gasteiger charge is -2.37. The molecule has 1 atom stereocenters. The summed E-state index contributed by atoms with van der Waals surface area (Å²) in [5.41, 5.74) is 0.855. The number of carbonyl (C=O) groups is 1. The first-order valence-corrected chi connectivity index (χ1v) is 8.09. The number of piperidine rings is 1. The molecular weight excluding hydrogens is 294 g/mol. The topological polar surface area (TPSA) is 79.2 Å². The molecule has 2 saturated heterocycles. The van der Waals surface area contributed by atoms with Crippen LogP contribution in [0.25, 0.3) is 11.0 Å². The van der Waals surface area contributed by atoms with Crippen molar-refractivity contribution in [2.45, 2.75) is 25.8 Å². The molecule has 0 aliphatic carbocycles. The lowest BCUT2D eigenvalue weighted by Crippen LogP contribution is -2.49. The molecule has 8 heteroatoms. The van der Waals surface area contributed by atoms with Crippen molar-refractivity contribution in [2.24, 2.45) is 7.05 Å². The van der Waals surface area contributed by atoms with Crippen molar-refractivity contribution >= 4 is 22.9 Å². The van der Waals surface area contributed by atoms with Gasteiger partial charge in [-0.2, -0.15) is 5.10 Å². The number of amides is 2. The highest BCUT2D eigenvalue weighted by molar-refractivity contribution is 5.87. The van der Waals surface area contributed by atoms with Crippen LogP contribution in [0.15, 0.2) is 6.20 Å². The molecular formula is C15H21N7O. The second-order valence-electron chi connectivity index (χ2n) is 6.27. The number of nitrogens with zero attached hydrogens (tertiary/aromatic N) is 6. The molecule has 2 fully saturated rings. The maximum Gasteiger partial charge on any atom is 0.317 e. The molecule has 0 spiro atoms. The average Bonchev–Trinajstić information content (AvgIpc) is 3.13. The molecule has 1 unspecified atom stereocenters. The number of rotatable bonds is 2. The van der Waals surface area contributed by atoms with Crippen molar-refractivity contribution in [1.29, 1.82) is 0 Å². The van der Waals surface area contributed by atoms with Crippen molar-refractivity contribution < 1.29 is 4.79 Å². The Labute approximate surface area is 134 Å². The van der Waals surface area contributed by atoms with Crippen molar-refractivity contribution in [1.82, 2.24) is 30.0 Å². The minimum atomic E-state index is 0.0576. The SMILES string of the molecule is Cc1nc(N2CCCC(N3CCNC3=O)C2)c2cnn(C)c2n1. The van der Waals surface area contributed by atoms with Crippen LogP contribution in [0.1, 0.15) is 18.7 Å². The van der Waals surface area contributed by atoms with Gasteiger partial charge in [-0.25, -0.2) is 14.8 Å². The minimum absolute atomic E-state index is 0.0576. The number of hydrogen-bond acceptors (Lipinski definition) is 5. The molecule has 2 aromatic rings. The molecule has 2 aliphatic heterocycles. The van der Waals surface area contributed by atoms with Gasteiger partial charge in [0.25, 0.3) is 0 Å². The van der Waals surface area contributed by atoms with Gasteiger partial charge in [0.05, 0.1) is 17.6 Å². The summed E-state index contributed by atoms with van der Waals surface area (Å²) in [5.74, 6) is 1.68. The Morgan fingerprint density at radius 1 is 1.30 bits per heavy atom. The van der Waals surface area contributed by atoms with Crippen LogP contribution in [0.2, 0.25) is 0 Å². The van der Waals surface area contributed by atoms with Crippen LogP contribution in [0.3, 0.4) is 0 Å². The molecule has 23 heavy (non-hydrogen) atoms. The Kier molecular flexibility index (Phi) is 3.32. The number of aromatic nitrogens is 4. The second-order valence-corrected chi connectivity index (χ2v) is 6.27. The van der Waals surface area contributed by atoms with Gasteiger partial charge >= 0.3 is 6.03 Å². The molecule has 4 heterocycles. The van der Waals surface area contributed by atoms with E-state index in [1.54, 1.807) is 4.68 Å².